The van der Waals surface area contributed by atoms with Crippen molar-refractivity contribution in [3.05, 3.63) is 88.9 Å². The number of hydrogen-bond acceptors (Lipinski definition) is 2. The minimum Gasteiger partial charge on any atom is -0.344 e. The fourth-order valence-electron chi connectivity index (χ4n) is 3.55. The number of benzene rings is 3. The van der Waals surface area contributed by atoms with Gasteiger partial charge in [0, 0.05) is 29.1 Å². The van der Waals surface area contributed by atoms with Crippen LogP contribution in [0.2, 0.25) is 5.02 Å². The van der Waals surface area contributed by atoms with Gasteiger partial charge >= 0.3 is 0 Å². The van der Waals surface area contributed by atoms with Crippen LogP contribution >= 0.6 is 11.6 Å². The summed E-state index contributed by atoms with van der Waals surface area (Å²) in [6.45, 7) is 0. The van der Waals surface area contributed by atoms with E-state index in [2.05, 4.69) is 35.5 Å². The molecule has 0 aliphatic carbocycles. The number of nitrogens with zero attached hydrogens (tertiary/aromatic N) is 1. The Kier molecular flexibility index (Phi) is 4.39. The van der Waals surface area contributed by atoms with Gasteiger partial charge in [-0.2, -0.15) is 0 Å². The largest absolute Gasteiger partial charge is 0.344 e. The summed E-state index contributed by atoms with van der Waals surface area (Å²) in [4.78, 5) is 15.3. The van der Waals surface area contributed by atoms with Gasteiger partial charge in [0.05, 0.1) is 5.92 Å². The Morgan fingerprint density at radius 2 is 1.62 bits per heavy atom. The van der Waals surface area contributed by atoms with Crippen LogP contribution in [0.5, 0.6) is 0 Å². The van der Waals surface area contributed by atoms with E-state index in [0.29, 0.717) is 11.4 Å². The minimum absolute atomic E-state index is 0.00937. The zero-order valence-electron chi connectivity index (χ0n) is 14.4. The molecule has 1 N–H and O–H groups in total. The molecule has 3 aromatic carbocycles. The molecule has 26 heavy (non-hydrogen) atoms. The molecule has 0 saturated heterocycles. The second-order valence-corrected chi connectivity index (χ2v) is 6.94. The second-order valence-electron chi connectivity index (χ2n) is 6.50. The smallest absolute Gasteiger partial charge is 0.232 e. The van der Waals surface area contributed by atoms with Crippen molar-refractivity contribution >= 4 is 34.6 Å². The molecule has 0 saturated carbocycles. The van der Waals surface area contributed by atoms with Gasteiger partial charge in [-0.15, -0.1) is 0 Å². The standard InChI is InChI=1S/C22H19ClN2O/c1-25-20-8-4-2-6-15(20)14-19(18-7-3-5-9-21(18)25)22(26)24-17-12-10-16(23)11-13-17/h2-13,19H,14H2,1H3,(H,24,26)/t19-/m1/s1. The molecular weight excluding hydrogens is 344 g/mol. The Bertz CT molecular complexity index is 952. The summed E-state index contributed by atoms with van der Waals surface area (Å²) in [5, 5.41) is 3.69. The van der Waals surface area contributed by atoms with Crippen molar-refractivity contribution in [3.63, 3.8) is 0 Å². The Balaban J connectivity index is 1.74. The van der Waals surface area contributed by atoms with Gasteiger partial charge in [-0.25, -0.2) is 0 Å². The molecule has 0 radical (unpaired) electrons. The maximum Gasteiger partial charge on any atom is 0.232 e. The Labute approximate surface area is 158 Å². The fraction of sp³-hybridized carbons (Fsp3) is 0.136. The van der Waals surface area contributed by atoms with Crippen LogP contribution in [0, 0.1) is 0 Å². The number of halogens is 1. The van der Waals surface area contributed by atoms with E-state index in [0.717, 1.165) is 22.6 Å². The van der Waals surface area contributed by atoms with Crippen molar-refractivity contribution in [2.75, 3.05) is 17.3 Å². The van der Waals surface area contributed by atoms with Gasteiger partial charge in [0.25, 0.3) is 0 Å². The van der Waals surface area contributed by atoms with E-state index in [1.165, 1.54) is 5.56 Å². The minimum atomic E-state index is -0.257. The molecule has 0 aromatic heterocycles. The number of carbonyl (C=O) groups is 1. The van der Waals surface area contributed by atoms with Crippen molar-refractivity contribution in [2.24, 2.45) is 0 Å². The molecular formula is C22H19ClN2O. The van der Waals surface area contributed by atoms with Crippen molar-refractivity contribution in [3.8, 4) is 0 Å². The first-order chi connectivity index (χ1) is 12.6. The molecule has 3 aromatic rings. The first kappa shape index (κ1) is 16.7. The lowest BCUT2D eigenvalue weighted by atomic mass is 9.91. The molecule has 1 amide bonds. The third-order valence-corrected chi connectivity index (χ3v) is 5.13. The highest BCUT2D eigenvalue weighted by molar-refractivity contribution is 6.30. The number of amides is 1. The van der Waals surface area contributed by atoms with Gasteiger partial charge in [0.2, 0.25) is 5.91 Å². The quantitative estimate of drug-likeness (QED) is 0.663. The summed E-state index contributed by atoms with van der Waals surface area (Å²) >= 11 is 5.94. The normalized spacial score (nSPS) is 15.6. The number of carbonyl (C=O) groups excluding carboxylic acids is 1. The lowest BCUT2D eigenvalue weighted by Crippen LogP contribution is -2.23. The van der Waals surface area contributed by atoms with Gasteiger partial charge in [-0.05, 0) is 53.9 Å². The predicted molar refractivity (Wildman–Crippen MR) is 107 cm³/mol. The highest BCUT2D eigenvalue weighted by Gasteiger charge is 2.29. The van der Waals surface area contributed by atoms with Crippen LogP contribution in [0.4, 0.5) is 17.1 Å². The number of fused-ring (bicyclic) bond motifs is 2. The molecule has 1 aliphatic rings. The van der Waals surface area contributed by atoms with E-state index in [4.69, 9.17) is 11.6 Å². The van der Waals surface area contributed by atoms with Crippen LogP contribution in [0.3, 0.4) is 0 Å². The molecule has 130 valence electrons. The van der Waals surface area contributed by atoms with Crippen molar-refractivity contribution in [1.29, 1.82) is 0 Å². The zero-order chi connectivity index (χ0) is 18.1. The molecule has 0 fully saturated rings. The molecule has 1 atom stereocenters. The van der Waals surface area contributed by atoms with Gasteiger partial charge in [0.15, 0.2) is 0 Å². The Hall–Kier alpha value is -2.78. The average Bonchev–Trinajstić information content (AvgIpc) is 2.79. The van der Waals surface area contributed by atoms with Crippen molar-refractivity contribution in [2.45, 2.75) is 12.3 Å². The number of nitrogens with one attached hydrogen (secondary N) is 1. The lowest BCUT2D eigenvalue weighted by molar-refractivity contribution is -0.117. The second kappa shape index (κ2) is 6.85. The zero-order valence-corrected chi connectivity index (χ0v) is 15.2. The molecule has 1 heterocycles. The maximum absolute atomic E-state index is 13.1. The van der Waals surface area contributed by atoms with E-state index in [9.17, 15) is 4.79 Å². The highest BCUT2D eigenvalue weighted by Crippen LogP contribution is 2.40. The first-order valence-electron chi connectivity index (χ1n) is 8.60. The third-order valence-electron chi connectivity index (χ3n) is 4.88. The molecule has 0 unspecified atom stereocenters. The predicted octanol–water partition coefficient (Wildman–Crippen LogP) is 5.39. The van der Waals surface area contributed by atoms with Crippen LogP contribution in [0.25, 0.3) is 0 Å². The van der Waals surface area contributed by atoms with Crippen LogP contribution in [0.15, 0.2) is 72.8 Å². The molecule has 4 heteroatoms. The molecule has 1 aliphatic heterocycles. The average molecular weight is 363 g/mol. The van der Waals surface area contributed by atoms with Gasteiger partial charge in [-0.3, -0.25) is 4.79 Å². The fourth-order valence-corrected chi connectivity index (χ4v) is 3.68. The maximum atomic E-state index is 13.1. The van der Waals surface area contributed by atoms with E-state index < -0.39 is 0 Å². The van der Waals surface area contributed by atoms with Crippen LogP contribution in [-0.4, -0.2) is 13.0 Å². The summed E-state index contributed by atoms with van der Waals surface area (Å²) in [5.41, 5.74) is 5.17. The highest BCUT2D eigenvalue weighted by atomic mass is 35.5. The van der Waals surface area contributed by atoms with E-state index >= 15 is 0 Å². The third kappa shape index (κ3) is 3.06. The monoisotopic (exact) mass is 362 g/mol. The topological polar surface area (TPSA) is 32.3 Å². The summed E-state index contributed by atoms with van der Waals surface area (Å²) in [5.74, 6) is -0.266. The van der Waals surface area contributed by atoms with E-state index in [1.54, 1.807) is 12.1 Å². The summed E-state index contributed by atoms with van der Waals surface area (Å²) in [6, 6.07) is 23.6. The molecule has 0 bridgehead atoms. The number of anilines is 3. The van der Waals surface area contributed by atoms with Crippen LogP contribution in [0.1, 0.15) is 17.0 Å². The van der Waals surface area contributed by atoms with Crippen molar-refractivity contribution in [1.82, 2.24) is 0 Å². The van der Waals surface area contributed by atoms with Gasteiger partial charge in [0.1, 0.15) is 0 Å². The summed E-state index contributed by atoms with van der Waals surface area (Å²) < 4.78 is 0. The van der Waals surface area contributed by atoms with Gasteiger partial charge in [-0.1, -0.05) is 48.0 Å². The van der Waals surface area contributed by atoms with Crippen LogP contribution < -0.4 is 10.2 Å². The Morgan fingerprint density at radius 3 is 2.38 bits per heavy atom. The van der Waals surface area contributed by atoms with E-state index in [1.807, 2.05) is 42.5 Å². The lowest BCUT2D eigenvalue weighted by Gasteiger charge is -2.22. The summed E-state index contributed by atoms with van der Waals surface area (Å²) in [6.07, 6.45) is 0.664. The molecule has 4 rings (SSSR count). The Morgan fingerprint density at radius 1 is 0.962 bits per heavy atom. The first-order valence-corrected chi connectivity index (χ1v) is 8.98. The van der Waals surface area contributed by atoms with E-state index in [-0.39, 0.29) is 11.8 Å². The SMILES string of the molecule is CN1c2ccccc2C[C@@H](C(=O)Nc2ccc(Cl)cc2)c2ccccc21. The number of hydrogen-bond donors (Lipinski definition) is 1. The summed E-state index contributed by atoms with van der Waals surface area (Å²) in [7, 11) is 2.05. The molecule has 0 spiro atoms. The van der Waals surface area contributed by atoms with Crippen molar-refractivity contribution < 1.29 is 4.79 Å². The number of para-hydroxylation sites is 2. The van der Waals surface area contributed by atoms with Crippen LogP contribution in [-0.2, 0) is 11.2 Å². The van der Waals surface area contributed by atoms with Gasteiger partial charge < -0.3 is 10.2 Å². The number of rotatable bonds is 2. The molecule has 3 nitrogen and oxygen atoms in total.